The first kappa shape index (κ1) is 15.0. The number of nitrogens with two attached hydrogens (primary N) is 1. The molecule has 0 aliphatic heterocycles. The lowest BCUT2D eigenvalue weighted by molar-refractivity contribution is 1.05. The van der Waals surface area contributed by atoms with E-state index in [1.54, 1.807) is 22.7 Å². The van der Waals surface area contributed by atoms with Crippen LogP contribution in [0.4, 0.5) is 10.8 Å². The zero-order valence-electron chi connectivity index (χ0n) is 11.2. The van der Waals surface area contributed by atoms with Crippen LogP contribution in [-0.2, 0) is 6.42 Å². The molecule has 0 aromatic carbocycles. The van der Waals surface area contributed by atoms with Crippen LogP contribution in [0.5, 0.6) is 0 Å². The topological polar surface area (TPSA) is 63.8 Å². The van der Waals surface area contributed by atoms with Gasteiger partial charge in [0.2, 0.25) is 0 Å². The predicted molar refractivity (Wildman–Crippen MR) is 96.6 cm³/mol. The van der Waals surface area contributed by atoms with E-state index < -0.39 is 0 Å². The lowest BCUT2D eigenvalue weighted by Gasteiger charge is -2.04. The summed E-state index contributed by atoms with van der Waals surface area (Å²) in [6.45, 7) is 2.84. The van der Waals surface area contributed by atoms with Crippen molar-refractivity contribution < 1.29 is 0 Å². The standard InChI is InChI=1S/C13H13BrN4S3/c1-7-6-19-13(17-7)10-11(15)18-21-12(10)16-5-4-8-2-3-9(14)20-8/h2-3,6,16H,4-5H2,1H3,(H2,15,18). The van der Waals surface area contributed by atoms with Crippen LogP contribution in [-0.4, -0.2) is 15.9 Å². The van der Waals surface area contributed by atoms with Crippen molar-refractivity contribution in [2.75, 3.05) is 17.6 Å². The number of aromatic nitrogens is 2. The van der Waals surface area contributed by atoms with Gasteiger partial charge in [-0.1, -0.05) is 0 Å². The van der Waals surface area contributed by atoms with Gasteiger partial charge in [0.15, 0.2) is 0 Å². The van der Waals surface area contributed by atoms with Crippen LogP contribution in [0.1, 0.15) is 10.6 Å². The highest BCUT2D eigenvalue weighted by molar-refractivity contribution is 9.11. The van der Waals surface area contributed by atoms with Crippen LogP contribution >= 0.6 is 50.1 Å². The first-order valence-corrected chi connectivity index (χ1v) is 9.55. The number of nitrogens with one attached hydrogen (secondary N) is 1. The van der Waals surface area contributed by atoms with E-state index in [1.165, 1.54) is 20.2 Å². The molecule has 3 rings (SSSR count). The van der Waals surface area contributed by atoms with Crippen LogP contribution in [0.2, 0.25) is 0 Å². The van der Waals surface area contributed by atoms with Crippen molar-refractivity contribution in [2.24, 2.45) is 0 Å². The Kier molecular flexibility index (Phi) is 4.58. The number of thiazole rings is 1. The van der Waals surface area contributed by atoms with Gasteiger partial charge in [-0.15, -0.1) is 22.7 Å². The van der Waals surface area contributed by atoms with Crippen molar-refractivity contribution in [3.8, 4) is 10.6 Å². The maximum atomic E-state index is 5.99. The Morgan fingerprint density at radius 1 is 1.38 bits per heavy atom. The van der Waals surface area contributed by atoms with Crippen LogP contribution in [0, 0.1) is 6.92 Å². The van der Waals surface area contributed by atoms with Gasteiger partial charge < -0.3 is 11.1 Å². The van der Waals surface area contributed by atoms with Crippen LogP contribution < -0.4 is 11.1 Å². The van der Waals surface area contributed by atoms with Gasteiger partial charge in [-0.25, -0.2) is 4.98 Å². The minimum atomic E-state index is 0.552. The van der Waals surface area contributed by atoms with E-state index in [-0.39, 0.29) is 0 Å². The fourth-order valence-electron chi connectivity index (χ4n) is 1.88. The van der Waals surface area contributed by atoms with Crippen molar-refractivity contribution in [1.29, 1.82) is 0 Å². The molecule has 0 unspecified atom stereocenters. The minimum absolute atomic E-state index is 0.552. The van der Waals surface area contributed by atoms with Gasteiger partial charge in [-0.3, -0.25) is 0 Å². The summed E-state index contributed by atoms with van der Waals surface area (Å²) in [5.41, 5.74) is 7.94. The summed E-state index contributed by atoms with van der Waals surface area (Å²) in [6, 6.07) is 4.22. The quantitative estimate of drug-likeness (QED) is 0.654. The fourth-order valence-corrected chi connectivity index (χ4v) is 5.03. The second-order valence-electron chi connectivity index (χ2n) is 4.45. The average molecular weight is 401 g/mol. The molecule has 0 amide bonds. The summed E-state index contributed by atoms with van der Waals surface area (Å²) in [4.78, 5) is 5.85. The number of rotatable bonds is 5. The molecule has 21 heavy (non-hydrogen) atoms. The molecular weight excluding hydrogens is 388 g/mol. The zero-order chi connectivity index (χ0) is 14.8. The molecule has 0 aliphatic carbocycles. The van der Waals surface area contributed by atoms with E-state index >= 15 is 0 Å². The first-order chi connectivity index (χ1) is 10.1. The Labute approximate surface area is 143 Å². The number of hydrogen-bond acceptors (Lipinski definition) is 7. The monoisotopic (exact) mass is 400 g/mol. The summed E-state index contributed by atoms with van der Waals surface area (Å²) in [5, 5.41) is 7.39. The third-order valence-electron chi connectivity index (χ3n) is 2.84. The molecule has 3 heterocycles. The SMILES string of the molecule is Cc1csc(-c2c(N)nsc2NCCc2ccc(Br)s2)n1. The van der Waals surface area contributed by atoms with Crippen LogP contribution in [0.25, 0.3) is 10.6 Å². The molecule has 0 aliphatic rings. The Hall–Kier alpha value is -0.960. The van der Waals surface area contributed by atoms with Gasteiger partial charge in [-0.05, 0) is 52.9 Å². The molecule has 0 atom stereocenters. The number of thiophene rings is 1. The van der Waals surface area contributed by atoms with Crippen molar-refractivity contribution in [1.82, 2.24) is 9.36 Å². The molecule has 3 aromatic rings. The Balaban J connectivity index is 1.71. The van der Waals surface area contributed by atoms with Gasteiger partial charge in [0.05, 0.1) is 9.35 Å². The van der Waals surface area contributed by atoms with E-state index in [0.29, 0.717) is 5.82 Å². The average Bonchev–Trinajstić information content (AvgIpc) is 3.12. The molecule has 110 valence electrons. The lowest BCUT2D eigenvalue weighted by Crippen LogP contribution is -2.03. The molecular formula is C13H13BrN4S3. The maximum Gasteiger partial charge on any atom is 0.149 e. The summed E-state index contributed by atoms with van der Waals surface area (Å²) in [6.07, 6.45) is 0.977. The summed E-state index contributed by atoms with van der Waals surface area (Å²) < 4.78 is 5.42. The fraction of sp³-hybridized carbons (Fsp3) is 0.231. The zero-order valence-corrected chi connectivity index (χ0v) is 15.3. The van der Waals surface area contributed by atoms with E-state index in [2.05, 4.69) is 42.7 Å². The summed E-state index contributed by atoms with van der Waals surface area (Å²) in [7, 11) is 0. The maximum absolute atomic E-state index is 5.99. The number of nitrogen functional groups attached to an aromatic ring is 1. The van der Waals surface area contributed by atoms with Crippen molar-refractivity contribution >= 4 is 61.0 Å². The Bertz CT molecular complexity index is 746. The number of anilines is 2. The third-order valence-corrected chi connectivity index (χ3v) is 6.32. The molecule has 0 radical (unpaired) electrons. The number of aryl methyl sites for hydroxylation is 1. The Morgan fingerprint density at radius 2 is 2.24 bits per heavy atom. The number of nitrogens with zero attached hydrogens (tertiary/aromatic N) is 2. The largest absolute Gasteiger partial charge is 0.382 e. The molecule has 0 bridgehead atoms. The van der Waals surface area contributed by atoms with Crippen LogP contribution in [0.3, 0.4) is 0 Å². The lowest BCUT2D eigenvalue weighted by atomic mass is 10.3. The molecule has 4 nitrogen and oxygen atoms in total. The molecule has 3 N–H and O–H groups in total. The van der Waals surface area contributed by atoms with Gasteiger partial charge >= 0.3 is 0 Å². The highest BCUT2D eigenvalue weighted by Crippen LogP contribution is 2.38. The molecule has 0 saturated carbocycles. The normalized spacial score (nSPS) is 11.0. The first-order valence-electron chi connectivity index (χ1n) is 6.29. The molecule has 8 heteroatoms. The van der Waals surface area contributed by atoms with E-state index in [0.717, 1.165) is 34.2 Å². The molecule has 0 spiro atoms. The second kappa shape index (κ2) is 6.43. The number of hydrogen-bond donors (Lipinski definition) is 2. The molecule has 0 fully saturated rings. The third kappa shape index (κ3) is 3.45. The van der Waals surface area contributed by atoms with Crippen LogP contribution in [0.15, 0.2) is 21.3 Å². The minimum Gasteiger partial charge on any atom is -0.382 e. The highest BCUT2D eigenvalue weighted by Gasteiger charge is 2.16. The molecule has 3 aromatic heterocycles. The molecule has 0 saturated heterocycles. The van der Waals surface area contributed by atoms with Gasteiger partial charge in [0.1, 0.15) is 15.8 Å². The summed E-state index contributed by atoms with van der Waals surface area (Å²) in [5.74, 6) is 0.552. The smallest absolute Gasteiger partial charge is 0.149 e. The van der Waals surface area contributed by atoms with Crippen molar-refractivity contribution in [3.63, 3.8) is 0 Å². The van der Waals surface area contributed by atoms with E-state index in [1.807, 2.05) is 12.3 Å². The predicted octanol–water partition coefficient (Wildman–Crippen LogP) is 4.64. The summed E-state index contributed by atoms with van der Waals surface area (Å²) >= 11 is 8.24. The van der Waals surface area contributed by atoms with E-state index in [9.17, 15) is 0 Å². The highest BCUT2D eigenvalue weighted by atomic mass is 79.9. The van der Waals surface area contributed by atoms with Crippen molar-refractivity contribution in [3.05, 3.63) is 31.9 Å². The van der Waals surface area contributed by atoms with Gasteiger partial charge in [0.25, 0.3) is 0 Å². The Morgan fingerprint density at radius 3 is 2.90 bits per heavy atom. The number of halogens is 1. The van der Waals surface area contributed by atoms with Gasteiger partial charge in [-0.2, -0.15) is 4.37 Å². The second-order valence-corrected chi connectivity index (χ2v) is 8.63. The van der Waals surface area contributed by atoms with Crippen molar-refractivity contribution in [2.45, 2.75) is 13.3 Å². The van der Waals surface area contributed by atoms with E-state index in [4.69, 9.17) is 5.73 Å². The van der Waals surface area contributed by atoms with Gasteiger partial charge in [0, 0.05) is 22.5 Å².